The predicted octanol–water partition coefficient (Wildman–Crippen LogP) is 4.12. The number of ether oxygens (including phenoxy) is 1. The summed E-state index contributed by atoms with van der Waals surface area (Å²) in [5.41, 5.74) is 2.27. The number of aryl methyl sites for hydroxylation is 1. The first kappa shape index (κ1) is 17.6. The van der Waals surface area contributed by atoms with E-state index in [1.54, 1.807) is 29.8 Å². The minimum atomic E-state index is -0.0362. The van der Waals surface area contributed by atoms with E-state index in [-0.39, 0.29) is 17.9 Å². The number of hydrogen-bond acceptors (Lipinski definition) is 5. The van der Waals surface area contributed by atoms with Gasteiger partial charge in [-0.3, -0.25) is 4.79 Å². The molecule has 1 N–H and O–H groups in total. The number of aromatic nitrogens is 1. The smallest absolute Gasteiger partial charge is 0.223 e. The molecule has 0 spiro atoms. The van der Waals surface area contributed by atoms with E-state index >= 15 is 0 Å². The van der Waals surface area contributed by atoms with Gasteiger partial charge in [-0.2, -0.15) is 11.3 Å². The van der Waals surface area contributed by atoms with Crippen LogP contribution in [0.3, 0.4) is 0 Å². The highest BCUT2D eigenvalue weighted by atomic mass is 32.1. The maximum absolute atomic E-state index is 12.7. The van der Waals surface area contributed by atoms with Gasteiger partial charge in [0.15, 0.2) is 0 Å². The molecular weight excluding hydrogens is 340 g/mol. The van der Waals surface area contributed by atoms with Crippen LogP contribution in [-0.2, 0) is 16.0 Å². The predicted molar refractivity (Wildman–Crippen MR) is 98.5 cm³/mol. The molecule has 1 aliphatic carbocycles. The van der Waals surface area contributed by atoms with Gasteiger partial charge >= 0.3 is 0 Å². The molecule has 130 valence electrons. The molecule has 3 rings (SSSR count). The monoisotopic (exact) mass is 364 g/mol. The van der Waals surface area contributed by atoms with Crippen molar-refractivity contribution in [2.75, 3.05) is 7.11 Å². The van der Waals surface area contributed by atoms with Crippen LogP contribution in [0.5, 0.6) is 0 Å². The Kier molecular flexibility index (Phi) is 6.03. The van der Waals surface area contributed by atoms with Crippen molar-refractivity contribution >= 4 is 28.6 Å². The van der Waals surface area contributed by atoms with Gasteiger partial charge in [-0.25, -0.2) is 4.98 Å². The molecule has 1 amide bonds. The molecule has 0 aliphatic heterocycles. The number of amides is 1. The molecule has 0 unspecified atom stereocenters. The Balaban J connectivity index is 1.66. The van der Waals surface area contributed by atoms with Crippen molar-refractivity contribution in [2.45, 2.75) is 51.2 Å². The summed E-state index contributed by atoms with van der Waals surface area (Å²) >= 11 is 3.32. The van der Waals surface area contributed by atoms with Crippen molar-refractivity contribution in [3.8, 4) is 0 Å². The summed E-state index contributed by atoms with van der Waals surface area (Å²) in [4.78, 5) is 17.3. The number of hydrogen-bond donors (Lipinski definition) is 1. The molecule has 1 atom stereocenters. The van der Waals surface area contributed by atoms with Crippen molar-refractivity contribution in [3.05, 3.63) is 38.5 Å². The number of methoxy groups -OCH3 is 1. The van der Waals surface area contributed by atoms with E-state index in [1.807, 2.05) is 12.3 Å². The third-order valence-electron chi connectivity index (χ3n) is 4.65. The summed E-state index contributed by atoms with van der Waals surface area (Å²) in [5, 5.41) is 10.5. The molecule has 1 aliphatic rings. The van der Waals surface area contributed by atoms with Crippen molar-refractivity contribution in [3.63, 3.8) is 0 Å². The number of carbonyl (C=O) groups is 1. The molecule has 0 aromatic carbocycles. The summed E-state index contributed by atoms with van der Waals surface area (Å²) in [7, 11) is 1.76. The summed E-state index contributed by atoms with van der Waals surface area (Å²) in [6, 6.07) is 2.08. The summed E-state index contributed by atoms with van der Waals surface area (Å²) < 4.78 is 5.40. The van der Waals surface area contributed by atoms with Gasteiger partial charge in [0.2, 0.25) is 5.91 Å². The Labute approximate surface area is 151 Å². The van der Waals surface area contributed by atoms with E-state index in [0.717, 1.165) is 42.8 Å². The lowest BCUT2D eigenvalue weighted by molar-refractivity contribution is -0.127. The zero-order chi connectivity index (χ0) is 16.9. The molecule has 4 nitrogen and oxygen atoms in total. The highest BCUT2D eigenvalue weighted by Gasteiger charge is 2.28. The van der Waals surface area contributed by atoms with Gasteiger partial charge in [0, 0.05) is 30.5 Å². The van der Waals surface area contributed by atoms with Gasteiger partial charge in [0.1, 0.15) is 5.01 Å². The Morgan fingerprint density at radius 2 is 2.17 bits per heavy atom. The first-order valence-electron chi connectivity index (χ1n) is 8.42. The number of nitrogens with zero attached hydrogens (tertiary/aromatic N) is 1. The van der Waals surface area contributed by atoms with E-state index < -0.39 is 0 Å². The summed E-state index contributed by atoms with van der Waals surface area (Å²) in [5.74, 6) is 0.264. The van der Waals surface area contributed by atoms with Crippen LogP contribution in [0.4, 0.5) is 0 Å². The normalized spacial score (nSPS) is 22.2. The second kappa shape index (κ2) is 8.23. The Bertz CT molecular complexity index is 646. The Hall–Kier alpha value is -1.24. The lowest BCUT2D eigenvalue weighted by Gasteiger charge is -2.28. The second-order valence-electron chi connectivity index (χ2n) is 6.43. The molecule has 0 radical (unpaired) electrons. The Morgan fingerprint density at radius 3 is 2.75 bits per heavy atom. The van der Waals surface area contributed by atoms with Crippen LogP contribution in [0, 0.1) is 12.8 Å². The van der Waals surface area contributed by atoms with Gasteiger partial charge in [-0.1, -0.05) is 0 Å². The first-order valence-corrected chi connectivity index (χ1v) is 10.2. The van der Waals surface area contributed by atoms with E-state index in [4.69, 9.17) is 4.74 Å². The molecule has 2 aromatic rings. The minimum absolute atomic E-state index is 0.0362. The average molecular weight is 365 g/mol. The lowest BCUT2D eigenvalue weighted by Crippen LogP contribution is -2.37. The van der Waals surface area contributed by atoms with Gasteiger partial charge in [0.25, 0.3) is 0 Å². The van der Waals surface area contributed by atoms with E-state index in [1.165, 1.54) is 5.56 Å². The van der Waals surface area contributed by atoms with Crippen molar-refractivity contribution in [2.24, 2.45) is 5.92 Å². The fraction of sp³-hybridized carbons (Fsp3) is 0.556. The molecule has 24 heavy (non-hydrogen) atoms. The molecule has 2 heterocycles. The summed E-state index contributed by atoms with van der Waals surface area (Å²) in [6.45, 7) is 2.00. The molecule has 0 saturated heterocycles. The van der Waals surface area contributed by atoms with Crippen LogP contribution in [-0.4, -0.2) is 24.1 Å². The number of nitrogens with one attached hydrogen (secondary N) is 1. The van der Waals surface area contributed by atoms with Crippen LogP contribution in [0.1, 0.15) is 48.0 Å². The number of carbonyl (C=O) groups excluding carboxylic acids is 1. The maximum atomic E-state index is 12.7. The van der Waals surface area contributed by atoms with Crippen LogP contribution >= 0.6 is 22.7 Å². The largest absolute Gasteiger partial charge is 0.381 e. The lowest BCUT2D eigenvalue weighted by atomic mass is 9.86. The second-order valence-corrected chi connectivity index (χ2v) is 8.10. The molecule has 2 aromatic heterocycles. The number of thiazole rings is 1. The van der Waals surface area contributed by atoms with E-state index in [0.29, 0.717) is 6.10 Å². The standard InChI is InChI=1S/C18H24N2O2S2/c1-12-10-24-18(19-12)16(9-13-7-8-23-11-13)20-17(21)14-3-5-15(22-2)6-4-14/h7-8,10-11,14-16H,3-6,9H2,1-2H3,(H,20,21)/t14?,15?,16-/m0/s1. The zero-order valence-electron chi connectivity index (χ0n) is 14.2. The molecule has 1 saturated carbocycles. The quantitative estimate of drug-likeness (QED) is 0.839. The number of rotatable bonds is 6. The topological polar surface area (TPSA) is 51.2 Å². The van der Waals surface area contributed by atoms with Crippen molar-refractivity contribution in [1.29, 1.82) is 0 Å². The van der Waals surface area contributed by atoms with Gasteiger partial charge in [-0.15, -0.1) is 11.3 Å². The molecule has 1 fully saturated rings. The SMILES string of the molecule is COC1CCC(C(=O)N[C@@H](Cc2ccsc2)c2nc(C)cs2)CC1. The molecule has 6 heteroatoms. The van der Waals surface area contributed by atoms with Gasteiger partial charge in [-0.05, 0) is 55.0 Å². The van der Waals surface area contributed by atoms with E-state index in [2.05, 4.69) is 27.1 Å². The van der Waals surface area contributed by atoms with Crippen LogP contribution < -0.4 is 5.32 Å². The summed E-state index contributed by atoms with van der Waals surface area (Å²) in [6.07, 6.45) is 4.88. The minimum Gasteiger partial charge on any atom is -0.381 e. The third-order valence-corrected chi connectivity index (χ3v) is 6.46. The zero-order valence-corrected chi connectivity index (χ0v) is 15.8. The highest BCUT2D eigenvalue weighted by molar-refractivity contribution is 7.09. The Morgan fingerprint density at radius 1 is 1.38 bits per heavy atom. The first-order chi connectivity index (χ1) is 11.7. The van der Waals surface area contributed by atoms with Crippen LogP contribution in [0.25, 0.3) is 0 Å². The maximum Gasteiger partial charge on any atom is 0.223 e. The fourth-order valence-corrected chi connectivity index (χ4v) is 4.76. The van der Waals surface area contributed by atoms with Crippen LogP contribution in [0.2, 0.25) is 0 Å². The highest BCUT2D eigenvalue weighted by Crippen LogP contribution is 2.28. The van der Waals surface area contributed by atoms with Crippen molar-refractivity contribution < 1.29 is 9.53 Å². The van der Waals surface area contributed by atoms with Gasteiger partial charge < -0.3 is 10.1 Å². The van der Waals surface area contributed by atoms with E-state index in [9.17, 15) is 4.79 Å². The fourth-order valence-electron chi connectivity index (χ4n) is 3.23. The van der Waals surface area contributed by atoms with Crippen molar-refractivity contribution in [1.82, 2.24) is 10.3 Å². The third kappa shape index (κ3) is 4.43. The molecule has 0 bridgehead atoms. The average Bonchev–Trinajstić information content (AvgIpc) is 3.26. The van der Waals surface area contributed by atoms with Crippen LogP contribution in [0.15, 0.2) is 22.2 Å². The van der Waals surface area contributed by atoms with Gasteiger partial charge in [0.05, 0.1) is 12.1 Å². The number of thiophene rings is 1. The molecular formula is C18H24N2O2S2.